The standard InChI is InChI=1S/C13H27N3O2/c1-14-4-2-12(3-5-14)15-6-8-16(9-7-15)13(10-17)11-18/h12-13,17-18H,2-11H2,1H3. The van der Waals surface area contributed by atoms with Crippen LogP contribution in [0.5, 0.6) is 0 Å². The molecule has 0 amide bonds. The van der Waals surface area contributed by atoms with Crippen LogP contribution in [-0.4, -0.2) is 96.5 Å². The van der Waals surface area contributed by atoms with E-state index in [4.69, 9.17) is 0 Å². The van der Waals surface area contributed by atoms with Crippen molar-refractivity contribution in [2.24, 2.45) is 0 Å². The first-order valence-corrected chi connectivity index (χ1v) is 7.13. The maximum Gasteiger partial charge on any atom is 0.0609 e. The second-order valence-corrected chi connectivity index (χ2v) is 5.63. The van der Waals surface area contributed by atoms with Gasteiger partial charge in [0.2, 0.25) is 0 Å². The molecule has 2 rings (SSSR count). The minimum atomic E-state index is -0.0651. The molecule has 0 aromatic carbocycles. The van der Waals surface area contributed by atoms with Gasteiger partial charge in [-0.25, -0.2) is 0 Å². The van der Waals surface area contributed by atoms with E-state index in [0.29, 0.717) is 0 Å². The molecule has 0 aromatic rings. The zero-order chi connectivity index (χ0) is 13.0. The summed E-state index contributed by atoms with van der Waals surface area (Å²) in [4.78, 5) is 7.21. The molecule has 0 bridgehead atoms. The molecular formula is C13H27N3O2. The van der Waals surface area contributed by atoms with E-state index in [1.807, 2.05) is 0 Å². The van der Waals surface area contributed by atoms with E-state index in [1.165, 1.54) is 25.9 Å². The molecule has 2 N–H and O–H groups in total. The van der Waals surface area contributed by atoms with Crippen molar-refractivity contribution in [1.29, 1.82) is 0 Å². The first kappa shape index (κ1) is 14.2. The predicted octanol–water partition coefficient (Wildman–Crippen LogP) is -0.949. The van der Waals surface area contributed by atoms with Gasteiger partial charge < -0.3 is 15.1 Å². The van der Waals surface area contributed by atoms with Gasteiger partial charge in [0, 0.05) is 32.2 Å². The summed E-state index contributed by atoms with van der Waals surface area (Å²) in [5.74, 6) is 0. The Hall–Kier alpha value is -0.200. The fourth-order valence-electron chi connectivity index (χ4n) is 3.12. The second-order valence-electron chi connectivity index (χ2n) is 5.63. The monoisotopic (exact) mass is 257 g/mol. The molecule has 0 aliphatic carbocycles. The van der Waals surface area contributed by atoms with Crippen molar-refractivity contribution in [2.75, 3.05) is 59.5 Å². The minimum Gasteiger partial charge on any atom is -0.395 e. The highest BCUT2D eigenvalue weighted by atomic mass is 16.3. The molecule has 5 nitrogen and oxygen atoms in total. The molecule has 2 aliphatic heterocycles. The lowest BCUT2D eigenvalue weighted by molar-refractivity contribution is 0.0135. The van der Waals surface area contributed by atoms with E-state index < -0.39 is 0 Å². The van der Waals surface area contributed by atoms with Crippen molar-refractivity contribution >= 4 is 0 Å². The average molecular weight is 257 g/mol. The number of hydrogen-bond acceptors (Lipinski definition) is 5. The normalized spacial score (nSPS) is 26.0. The fourth-order valence-corrected chi connectivity index (χ4v) is 3.12. The van der Waals surface area contributed by atoms with E-state index in [0.717, 1.165) is 32.2 Å². The number of aliphatic hydroxyl groups is 2. The molecule has 0 radical (unpaired) electrons. The largest absolute Gasteiger partial charge is 0.395 e. The maximum atomic E-state index is 9.20. The van der Waals surface area contributed by atoms with E-state index in [2.05, 4.69) is 21.7 Å². The third-order valence-corrected chi connectivity index (χ3v) is 4.49. The number of piperidine rings is 1. The molecule has 5 heteroatoms. The van der Waals surface area contributed by atoms with Gasteiger partial charge in [-0.05, 0) is 33.0 Å². The summed E-state index contributed by atoms with van der Waals surface area (Å²) < 4.78 is 0. The van der Waals surface area contributed by atoms with Crippen molar-refractivity contribution in [1.82, 2.24) is 14.7 Å². The number of hydrogen-bond donors (Lipinski definition) is 2. The molecule has 2 fully saturated rings. The SMILES string of the molecule is CN1CCC(N2CCN(C(CO)CO)CC2)CC1. The van der Waals surface area contributed by atoms with Gasteiger partial charge in [0.1, 0.15) is 0 Å². The zero-order valence-corrected chi connectivity index (χ0v) is 11.5. The van der Waals surface area contributed by atoms with Crippen molar-refractivity contribution in [2.45, 2.75) is 24.9 Å². The zero-order valence-electron chi connectivity index (χ0n) is 11.5. The molecule has 2 saturated heterocycles. The van der Waals surface area contributed by atoms with Crippen molar-refractivity contribution < 1.29 is 10.2 Å². The van der Waals surface area contributed by atoms with Crippen LogP contribution in [0.3, 0.4) is 0 Å². The van der Waals surface area contributed by atoms with E-state index in [-0.39, 0.29) is 19.3 Å². The summed E-state index contributed by atoms with van der Waals surface area (Å²) in [5, 5.41) is 18.4. The van der Waals surface area contributed by atoms with E-state index in [9.17, 15) is 10.2 Å². The third kappa shape index (κ3) is 3.42. The summed E-state index contributed by atoms with van der Waals surface area (Å²) in [7, 11) is 2.20. The molecule has 0 aromatic heterocycles. The highest BCUT2D eigenvalue weighted by Crippen LogP contribution is 2.18. The number of piperazine rings is 1. The van der Waals surface area contributed by atoms with Crippen molar-refractivity contribution in [3.8, 4) is 0 Å². The number of nitrogens with zero attached hydrogens (tertiary/aromatic N) is 3. The van der Waals surface area contributed by atoms with Crippen LogP contribution >= 0.6 is 0 Å². The van der Waals surface area contributed by atoms with Crippen LogP contribution in [0.2, 0.25) is 0 Å². The Morgan fingerprint density at radius 2 is 1.50 bits per heavy atom. The average Bonchev–Trinajstić information content (AvgIpc) is 2.42. The molecular weight excluding hydrogens is 230 g/mol. The van der Waals surface area contributed by atoms with Crippen LogP contribution in [0.25, 0.3) is 0 Å². The third-order valence-electron chi connectivity index (χ3n) is 4.49. The van der Waals surface area contributed by atoms with Crippen molar-refractivity contribution in [3.63, 3.8) is 0 Å². The topological polar surface area (TPSA) is 50.2 Å². The Morgan fingerprint density at radius 1 is 0.944 bits per heavy atom. The molecule has 0 unspecified atom stereocenters. The van der Waals surface area contributed by atoms with Gasteiger partial charge in [-0.15, -0.1) is 0 Å². The van der Waals surface area contributed by atoms with Gasteiger partial charge in [-0.2, -0.15) is 0 Å². The predicted molar refractivity (Wildman–Crippen MR) is 71.6 cm³/mol. The van der Waals surface area contributed by atoms with Gasteiger partial charge in [-0.1, -0.05) is 0 Å². The van der Waals surface area contributed by atoms with E-state index >= 15 is 0 Å². The van der Waals surface area contributed by atoms with Crippen LogP contribution in [0.4, 0.5) is 0 Å². The molecule has 2 heterocycles. The molecule has 106 valence electrons. The maximum absolute atomic E-state index is 9.20. The lowest BCUT2D eigenvalue weighted by Gasteiger charge is -2.43. The van der Waals surface area contributed by atoms with Gasteiger partial charge in [0.25, 0.3) is 0 Å². The quantitative estimate of drug-likeness (QED) is 0.680. The van der Waals surface area contributed by atoms with Gasteiger partial charge >= 0.3 is 0 Å². The summed E-state index contributed by atoms with van der Waals surface area (Å²) in [6.07, 6.45) is 2.56. The molecule has 18 heavy (non-hydrogen) atoms. The highest BCUT2D eigenvalue weighted by Gasteiger charge is 2.28. The molecule has 0 spiro atoms. The van der Waals surface area contributed by atoms with Crippen LogP contribution in [0.15, 0.2) is 0 Å². The fraction of sp³-hybridized carbons (Fsp3) is 1.00. The second kappa shape index (κ2) is 6.82. The molecule has 0 atom stereocenters. The van der Waals surface area contributed by atoms with Crippen LogP contribution in [-0.2, 0) is 0 Å². The molecule has 0 saturated carbocycles. The van der Waals surface area contributed by atoms with Crippen LogP contribution in [0.1, 0.15) is 12.8 Å². The number of likely N-dealkylation sites (tertiary alicyclic amines) is 1. The minimum absolute atomic E-state index is 0.0602. The first-order valence-electron chi connectivity index (χ1n) is 7.13. The summed E-state index contributed by atoms with van der Waals surface area (Å²) in [6.45, 7) is 6.63. The Bertz CT molecular complexity index is 232. The lowest BCUT2D eigenvalue weighted by atomic mass is 10.0. The Balaban J connectivity index is 1.76. The van der Waals surface area contributed by atoms with Gasteiger partial charge in [0.15, 0.2) is 0 Å². The van der Waals surface area contributed by atoms with Crippen LogP contribution < -0.4 is 0 Å². The Kier molecular flexibility index (Phi) is 5.38. The Labute approximate surface area is 110 Å². The highest BCUT2D eigenvalue weighted by molar-refractivity contribution is 4.84. The van der Waals surface area contributed by atoms with Gasteiger partial charge in [-0.3, -0.25) is 9.80 Å². The number of aliphatic hydroxyl groups excluding tert-OH is 2. The van der Waals surface area contributed by atoms with Gasteiger partial charge in [0.05, 0.1) is 19.3 Å². The Morgan fingerprint density at radius 3 is 2.00 bits per heavy atom. The van der Waals surface area contributed by atoms with E-state index in [1.54, 1.807) is 0 Å². The summed E-state index contributed by atoms with van der Waals surface area (Å²) in [6, 6.07) is 0.676. The van der Waals surface area contributed by atoms with Crippen LogP contribution in [0, 0.1) is 0 Å². The first-order chi connectivity index (χ1) is 8.74. The number of rotatable bonds is 4. The lowest BCUT2D eigenvalue weighted by Crippen LogP contribution is -2.56. The smallest absolute Gasteiger partial charge is 0.0609 e. The van der Waals surface area contributed by atoms with Crippen molar-refractivity contribution in [3.05, 3.63) is 0 Å². The molecule has 2 aliphatic rings. The summed E-state index contributed by atoms with van der Waals surface area (Å²) >= 11 is 0. The summed E-state index contributed by atoms with van der Waals surface area (Å²) in [5.41, 5.74) is 0.